The van der Waals surface area contributed by atoms with E-state index >= 15 is 0 Å². The Morgan fingerprint density at radius 3 is 2.19 bits per heavy atom. The van der Waals surface area contributed by atoms with Crippen LogP contribution >= 0.6 is 0 Å². The Morgan fingerprint density at radius 2 is 1.59 bits per heavy atom. The van der Waals surface area contributed by atoms with E-state index in [2.05, 4.69) is 64.8 Å². The van der Waals surface area contributed by atoms with E-state index in [-0.39, 0.29) is 16.4 Å². The summed E-state index contributed by atoms with van der Waals surface area (Å²) >= 11 is 0. The summed E-state index contributed by atoms with van der Waals surface area (Å²) in [5.74, 6) is 0. The molecule has 0 aliphatic heterocycles. The highest BCUT2D eigenvalue weighted by atomic mass is 16.1. The molecule has 0 fully saturated rings. The lowest BCUT2D eigenvalue weighted by atomic mass is 9.87. The third-order valence-corrected chi connectivity index (χ3v) is 5.02. The molecule has 0 saturated heterocycles. The Hall–Kier alpha value is -2.42. The summed E-state index contributed by atoms with van der Waals surface area (Å²) in [4.78, 5) is 13.3. The lowest BCUT2D eigenvalue weighted by molar-refractivity contribution is 0.378. The van der Waals surface area contributed by atoms with Gasteiger partial charge in [0.05, 0.1) is 17.3 Å². The van der Waals surface area contributed by atoms with E-state index in [0.717, 1.165) is 34.9 Å². The molecule has 142 valence electrons. The maximum absolute atomic E-state index is 13.3. The van der Waals surface area contributed by atoms with Crippen LogP contribution in [0.15, 0.2) is 53.5 Å². The summed E-state index contributed by atoms with van der Waals surface area (Å²) in [5, 5.41) is 6.12. The zero-order chi connectivity index (χ0) is 19.8. The van der Waals surface area contributed by atoms with Gasteiger partial charge >= 0.3 is 0 Å². The zero-order valence-electron chi connectivity index (χ0n) is 17.3. The Balaban J connectivity index is 2.08. The predicted molar refractivity (Wildman–Crippen MR) is 114 cm³/mol. The van der Waals surface area contributed by atoms with Gasteiger partial charge in [-0.2, -0.15) is 9.78 Å². The number of aryl methyl sites for hydroxylation is 1. The van der Waals surface area contributed by atoms with Crippen molar-refractivity contribution in [2.75, 3.05) is 0 Å². The first kappa shape index (κ1) is 19.3. The van der Waals surface area contributed by atoms with Gasteiger partial charge < -0.3 is 0 Å². The van der Waals surface area contributed by atoms with Crippen molar-refractivity contribution in [3.05, 3.63) is 70.1 Å². The van der Waals surface area contributed by atoms with Gasteiger partial charge in [0.25, 0.3) is 5.56 Å². The smallest absolute Gasteiger partial charge is 0.267 e. The molecular formula is C24H30N2O. The minimum atomic E-state index is -0.0412. The number of rotatable bonds is 3. The molecule has 0 unspecified atom stereocenters. The second kappa shape index (κ2) is 6.95. The van der Waals surface area contributed by atoms with E-state index in [0.29, 0.717) is 0 Å². The molecule has 0 N–H and O–H groups in total. The Bertz CT molecular complexity index is 1000. The van der Waals surface area contributed by atoms with E-state index in [9.17, 15) is 4.79 Å². The van der Waals surface area contributed by atoms with E-state index in [1.165, 1.54) is 10.2 Å². The Morgan fingerprint density at radius 1 is 0.926 bits per heavy atom. The molecular weight excluding hydrogens is 332 g/mol. The molecule has 27 heavy (non-hydrogen) atoms. The second-order valence-corrected chi connectivity index (χ2v) is 9.60. The molecule has 0 atom stereocenters. The molecule has 0 aliphatic rings. The van der Waals surface area contributed by atoms with Gasteiger partial charge in [-0.3, -0.25) is 4.79 Å². The van der Waals surface area contributed by atoms with Crippen molar-refractivity contribution in [2.45, 2.75) is 59.8 Å². The number of aromatic nitrogens is 2. The fourth-order valence-corrected chi connectivity index (χ4v) is 3.27. The highest BCUT2D eigenvalue weighted by Crippen LogP contribution is 2.25. The number of benzene rings is 2. The molecule has 1 aromatic heterocycles. The highest BCUT2D eigenvalue weighted by molar-refractivity contribution is 5.84. The van der Waals surface area contributed by atoms with Crippen LogP contribution in [0.2, 0.25) is 0 Å². The number of nitrogens with zero attached hydrogens (tertiary/aromatic N) is 2. The number of hydrogen-bond donors (Lipinski definition) is 0. The maximum Gasteiger partial charge on any atom is 0.279 e. The summed E-state index contributed by atoms with van der Waals surface area (Å²) in [7, 11) is 0. The van der Waals surface area contributed by atoms with Crippen molar-refractivity contribution < 1.29 is 0 Å². The SMILES string of the molecule is CC(C)(C)CCc1cccc2cnn(-c3ccc(C(C)(C)C)cc3)c(=O)c12. The van der Waals surface area contributed by atoms with Crippen molar-refractivity contribution in [2.24, 2.45) is 5.41 Å². The van der Waals surface area contributed by atoms with Crippen LogP contribution in [0.25, 0.3) is 16.5 Å². The minimum Gasteiger partial charge on any atom is -0.267 e. The lowest BCUT2D eigenvalue weighted by Gasteiger charge is -2.19. The first-order valence-corrected chi connectivity index (χ1v) is 9.67. The normalized spacial score (nSPS) is 12.5. The first-order valence-electron chi connectivity index (χ1n) is 9.67. The molecule has 0 radical (unpaired) electrons. The second-order valence-electron chi connectivity index (χ2n) is 9.60. The molecule has 0 amide bonds. The molecule has 0 saturated carbocycles. The quantitative estimate of drug-likeness (QED) is 0.602. The van der Waals surface area contributed by atoms with Crippen molar-refractivity contribution in [1.82, 2.24) is 9.78 Å². The van der Waals surface area contributed by atoms with Crippen LogP contribution in [-0.4, -0.2) is 9.78 Å². The van der Waals surface area contributed by atoms with Crippen molar-refractivity contribution in [3.63, 3.8) is 0 Å². The zero-order valence-corrected chi connectivity index (χ0v) is 17.3. The monoisotopic (exact) mass is 362 g/mol. The maximum atomic E-state index is 13.3. The lowest BCUT2D eigenvalue weighted by Crippen LogP contribution is -2.22. The summed E-state index contributed by atoms with van der Waals surface area (Å²) in [6.45, 7) is 13.2. The average molecular weight is 363 g/mol. The van der Waals surface area contributed by atoms with Crippen LogP contribution in [0.5, 0.6) is 0 Å². The van der Waals surface area contributed by atoms with Gasteiger partial charge in [0.2, 0.25) is 0 Å². The van der Waals surface area contributed by atoms with Crippen LogP contribution in [0.3, 0.4) is 0 Å². The molecule has 3 nitrogen and oxygen atoms in total. The van der Waals surface area contributed by atoms with Gasteiger partial charge in [-0.15, -0.1) is 0 Å². The molecule has 1 heterocycles. The summed E-state index contributed by atoms with van der Waals surface area (Å²) in [5.41, 5.74) is 3.43. The van der Waals surface area contributed by atoms with Gasteiger partial charge in [0, 0.05) is 5.39 Å². The average Bonchev–Trinajstić information content (AvgIpc) is 2.59. The van der Waals surface area contributed by atoms with Crippen LogP contribution in [0, 0.1) is 5.41 Å². The van der Waals surface area contributed by atoms with E-state index in [1.54, 1.807) is 6.20 Å². The van der Waals surface area contributed by atoms with E-state index in [1.807, 2.05) is 24.3 Å². The molecule has 0 aliphatic carbocycles. The van der Waals surface area contributed by atoms with Gasteiger partial charge in [0.15, 0.2) is 0 Å². The molecule has 2 aromatic carbocycles. The summed E-state index contributed by atoms with van der Waals surface area (Å²) < 4.78 is 1.52. The molecule has 0 spiro atoms. The Labute approximate surface area is 162 Å². The minimum absolute atomic E-state index is 0.0412. The van der Waals surface area contributed by atoms with Gasteiger partial charge in [-0.05, 0) is 46.9 Å². The Kier molecular flexibility index (Phi) is 4.98. The third-order valence-electron chi connectivity index (χ3n) is 5.02. The van der Waals surface area contributed by atoms with Crippen molar-refractivity contribution in [1.29, 1.82) is 0 Å². The van der Waals surface area contributed by atoms with E-state index < -0.39 is 0 Å². The van der Waals surface area contributed by atoms with E-state index in [4.69, 9.17) is 0 Å². The van der Waals surface area contributed by atoms with Crippen molar-refractivity contribution >= 4 is 10.8 Å². The van der Waals surface area contributed by atoms with Crippen LogP contribution in [0.4, 0.5) is 0 Å². The van der Waals surface area contributed by atoms with Crippen molar-refractivity contribution in [3.8, 4) is 5.69 Å². The largest absolute Gasteiger partial charge is 0.279 e. The van der Waals surface area contributed by atoms with Crippen LogP contribution in [-0.2, 0) is 11.8 Å². The topological polar surface area (TPSA) is 34.9 Å². The number of hydrogen-bond acceptors (Lipinski definition) is 2. The third kappa shape index (κ3) is 4.29. The molecule has 0 bridgehead atoms. The fraction of sp³-hybridized carbons (Fsp3) is 0.417. The molecule has 3 aromatic rings. The molecule has 3 rings (SSSR count). The predicted octanol–water partition coefficient (Wildman–Crippen LogP) is 5.66. The molecule has 3 heteroatoms. The van der Waals surface area contributed by atoms with Gasteiger partial charge in [-0.25, -0.2) is 0 Å². The summed E-state index contributed by atoms with van der Waals surface area (Å²) in [6.07, 6.45) is 3.73. The highest BCUT2D eigenvalue weighted by Gasteiger charge is 2.16. The first-order chi connectivity index (χ1) is 12.6. The van der Waals surface area contributed by atoms with Crippen LogP contribution in [0.1, 0.15) is 59.1 Å². The number of fused-ring (bicyclic) bond motifs is 1. The van der Waals surface area contributed by atoms with Gasteiger partial charge in [0.1, 0.15) is 0 Å². The van der Waals surface area contributed by atoms with Gasteiger partial charge in [-0.1, -0.05) is 71.9 Å². The summed E-state index contributed by atoms with van der Waals surface area (Å²) in [6, 6.07) is 14.2. The van der Waals surface area contributed by atoms with Crippen LogP contribution < -0.4 is 5.56 Å². The fourth-order valence-electron chi connectivity index (χ4n) is 3.27. The standard InChI is InChI=1S/C24H30N2O/c1-23(2,3)15-14-17-8-7-9-18-16-25-26(22(27)21(17)18)20-12-10-19(11-13-20)24(4,5)6/h7-13,16H,14-15H2,1-6H3.